The molecule has 0 radical (unpaired) electrons. The molecule has 0 bridgehead atoms. The van der Waals surface area contributed by atoms with Crippen molar-refractivity contribution in [2.24, 2.45) is 5.92 Å². The van der Waals surface area contributed by atoms with Gasteiger partial charge in [-0.15, -0.1) is 0 Å². The average molecular weight is 210 g/mol. The molecule has 0 spiro atoms. The summed E-state index contributed by atoms with van der Waals surface area (Å²) < 4.78 is 9.48. The van der Waals surface area contributed by atoms with Crippen LogP contribution in [0.15, 0.2) is 24.3 Å². The molecule has 2 atom stereocenters. The Morgan fingerprint density at radius 3 is 2.87 bits per heavy atom. The molecule has 0 heterocycles. The van der Waals surface area contributed by atoms with Crippen molar-refractivity contribution in [3.63, 3.8) is 0 Å². The first-order chi connectivity index (χ1) is 7.17. The van der Waals surface area contributed by atoms with Gasteiger partial charge < -0.3 is 9.47 Å². The van der Waals surface area contributed by atoms with Crippen molar-refractivity contribution in [3.05, 3.63) is 24.3 Å². The highest BCUT2D eigenvalue weighted by molar-refractivity contribution is 5.94. The second kappa shape index (κ2) is 5.46. The van der Waals surface area contributed by atoms with Crippen LogP contribution in [0.3, 0.4) is 0 Å². The van der Waals surface area contributed by atoms with Crippen molar-refractivity contribution in [1.82, 2.24) is 0 Å². The van der Waals surface area contributed by atoms with E-state index in [1.165, 1.54) is 26.4 Å². The Morgan fingerprint density at radius 1 is 1.53 bits per heavy atom. The normalized spacial score (nSPS) is 25.9. The van der Waals surface area contributed by atoms with Gasteiger partial charge in [0, 0.05) is 13.2 Å². The number of ketones is 1. The highest BCUT2D eigenvalue weighted by atomic mass is 16.5. The molecule has 0 fully saturated rings. The molecule has 0 aromatic rings. The molecule has 82 valence electrons. The van der Waals surface area contributed by atoms with Crippen LogP contribution in [0.5, 0.6) is 0 Å². The largest absolute Gasteiger partial charge is 0.466 e. The lowest BCUT2D eigenvalue weighted by atomic mass is 9.92. The lowest BCUT2D eigenvalue weighted by Crippen LogP contribution is -2.26. The van der Waals surface area contributed by atoms with E-state index >= 15 is 0 Å². The second-order valence-corrected chi connectivity index (χ2v) is 3.27. The molecule has 4 heteroatoms. The van der Waals surface area contributed by atoms with Gasteiger partial charge in [-0.05, 0) is 18.4 Å². The SMILES string of the molecule is COC(=O)C=CC1C=CC(=O)C(OC)C1. The van der Waals surface area contributed by atoms with Gasteiger partial charge in [0.05, 0.1) is 7.11 Å². The fourth-order valence-corrected chi connectivity index (χ4v) is 1.39. The highest BCUT2D eigenvalue weighted by Gasteiger charge is 2.22. The number of rotatable bonds is 3. The van der Waals surface area contributed by atoms with Crippen LogP contribution in [-0.4, -0.2) is 32.1 Å². The van der Waals surface area contributed by atoms with E-state index in [9.17, 15) is 9.59 Å². The van der Waals surface area contributed by atoms with E-state index in [1.807, 2.05) is 0 Å². The average Bonchev–Trinajstić information content (AvgIpc) is 2.27. The molecule has 2 unspecified atom stereocenters. The topological polar surface area (TPSA) is 52.6 Å². The van der Waals surface area contributed by atoms with Gasteiger partial charge in [-0.1, -0.05) is 12.2 Å². The fraction of sp³-hybridized carbons (Fsp3) is 0.455. The molecule has 4 nitrogen and oxygen atoms in total. The smallest absolute Gasteiger partial charge is 0.330 e. The summed E-state index contributed by atoms with van der Waals surface area (Å²) in [5, 5.41) is 0. The van der Waals surface area contributed by atoms with E-state index in [1.54, 1.807) is 12.2 Å². The quantitative estimate of drug-likeness (QED) is 0.512. The van der Waals surface area contributed by atoms with Gasteiger partial charge >= 0.3 is 5.97 Å². The van der Waals surface area contributed by atoms with Gasteiger partial charge in [-0.2, -0.15) is 0 Å². The first-order valence-corrected chi connectivity index (χ1v) is 4.68. The minimum atomic E-state index is -0.401. The molecule has 0 saturated heterocycles. The third kappa shape index (κ3) is 3.32. The number of methoxy groups -OCH3 is 2. The Kier molecular flexibility index (Phi) is 4.24. The van der Waals surface area contributed by atoms with Gasteiger partial charge in [0.1, 0.15) is 6.10 Å². The minimum absolute atomic E-state index is 0.0276. The number of ether oxygens (including phenoxy) is 2. The highest BCUT2D eigenvalue weighted by Crippen LogP contribution is 2.18. The summed E-state index contributed by atoms with van der Waals surface area (Å²) in [5.41, 5.74) is 0. The van der Waals surface area contributed by atoms with Gasteiger partial charge in [0.15, 0.2) is 5.78 Å². The summed E-state index contributed by atoms with van der Waals surface area (Å²) in [4.78, 5) is 22.1. The number of hydrogen-bond donors (Lipinski definition) is 0. The molecule has 0 amide bonds. The van der Waals surface area contributed by atoms with Gasteiger partial charge in [0.2, 0.25) is 0 Å². The maximum atomic E-state index is 11.2. The number of carbonyl (C=O) groups excluding carboxylic acids is 2. The van der Waals surface area contributed by atoms with Crippen LogP contribution in [0.25, 0.3) is 0 Å². The molecular formula is C11H14O4. The van der Waals surface area contributed by atoms with Crippen LogP contribution in [0.2, 0.25) is 0 Å². The van der Waals surface area contributed by atoms with E-state index in [0.29, 0.717) is 6.42 Å². The predicted molar refractivity (Wildman–Crippen MR) is 54.2 cm³/mol. The molecule has 0 N–H and O–H groups in total. The van der Waals surface area contributed by atoms with Crippen molar-refractivity contribution in [1.29, 1.82) is 0 Å². The summed E-state index contributed by atoms with van der Waals surface area (Å²) in [5.74, 6) is -0.374. The summed E-state index contributed by atoms with van der Waals surface area (Å²) >= 11 is 0. The van der Waals surface area contributed by atoms with Crippen molar-refractivity contribution >= 4 is 11.8 Å². The van der Waals surface area contributed by atoms with Crippen LogP contribution in [0, 0.1) is 5.92 Å². The second-order valence-electron chi connectivity index (χ2n) is 3.27. The van der Waals surface area contributed by atoms with Gasteiger partial charge in [-0.25, -0.2) is 4.79 Å². The monoisotopic (exact) mass is 210 g/mol. The fourth-order valence-electron chi connectivity index (χ4n) is 1.39. The van der Waals surface area contributed by atoms with Crippen molar-refractivity contribution in [2.45, 2.75) is 12.5 Å². The summed E-state index contributed by atoms with van der Waals surface area (Å²) in [6.07, 6.45) is 6.49. The number of carbonyl (C=O) groups is 2. The Morgan fingerprint density at radius 2 is 2.27 bits per heavy atom. The van der Waals surface area contributed by atoms with E-state index in [2.05, 4.69) is 4.74 Å². The zero-order valence-corrected chi connectivity index (χ0v) is 8.80. The van der Waals surface area contributed by atoms with Crippen molar-refractivity contribution in [2.75, 3.05) is 14.2 Å². The molecule has 1 aliphatic rings. The maximum Gasteiger partial charge on any atom is 0.330 e. The lowest BCUT2D eigenvalue weighted by molar-refractivity contribution is -0.134. The van der Waals surface area contributed by atoms with Gasteiger partial charge in [-0.3, -0.25) is 4.79 Å². The molecule has 0 aromatic heterocycles. The van der Waals surface area contributed by atoms with Crippen molar-refractivity contribution < 1.29 is 19.1 Å². The van der Waals surface area contributed by atoms with Crippen LogP contribution in [0.1, 0.15) is 6.42 Å². The Hall–Kier alpha value is -1.42. The van der Waals surface area contributed by atoms with Crippen molar-refractivity contribution in [3.8, 4) is 0 Å². The molecule has 1 rings (SSSR count). The van der Waals surface area contributed by atoms with E-state index in [0.717, 1.165) is 0 Å². The number of allylic oxidation sites excluding steroid dienone is 2. The van der Waals surface area contributed by atoms with Crippen LogP contribution < -0.4 is 0 Å². The Balaban J connectivity index is 2.59. The standard InChI is InChI=1S/C11H14O4/c1-14-10-7-8(3-5-9(10)12)4-6-11(13)15-2/h3-6,8,10H,7H2,1-2H3. The van der Waals surface area contributed by atoms with E-state index in [4.69, 9.17) is 4.74 Å². The van der Waals surface area contributed by atoms with E-state index < -0.39 is 12.1 Å². The first-order valence-electron chi connectivity index (χ1n) is 4.68. The Labute approximate surface area is 88.6 Å². The first kappa shape index (κ1) is 11.7. The summed E-state index contributed by atoms with van der Waals surface area (Å²) in [7, 11) is 2.83. The summed E-state index contributed by atoms with van der Waals surface area (Å²) in [6.45, 7) is 0. The Bertz CT molecular complexity index is 304. The van der Waals surface area contributed by atoms with Gasteiger partial charge in [0.25, 0.3) is 0 Å². The zero-order valence-electron chi connectivity index (χ0n) is 8.80. The molecule has 0 aromatic carbocycles. The molecular weight excluding hydrogens is 196 g/mol. The third-order valence-electron chi connectivity index (χ3n) is 2.28. The molecule has 1 aliphatic carbocycles. The van der Waals surface area contributed by atoms with Crippen LogP contribution in [-0.2, 0) is 19.1 Å². The maximum absolute atomic E-state index is 11.2. The number of hydrogen-bond acceptors (Lipinski definition) is 4. The van der Waals surface area contributed by atoms with Crippen LogP contribution >= 0.6 is 0 Å². The third-order valence-corrected chi connectivity index (χ3v) is 2.28. The van der Waals surface area contributed by atoms with E-state index in [-0.39, 0.29) is 11.7 Å². The summed E-state index contributed by atoms with van der Waals surface area (Å²) in [6, 6.07) is 0. The molecule has 15 heavy (non-hydrogen) atoms. The molecule has 0 aliphatic heterocycles. The predicted octanol–water partition coefficient (Wildman–Crippen LogP) is 0.876. The number of esters is 1. The zero-order chi connectivity index (χ0) is 11.3. The molecule has 0 saturated carbocycles. The minimum Gasteiger partial charge on any atom is -0.466 e. The lowest BCUT2D eigenvalue weighted by Gasteiger charge is -2.19. The van der Waals surface area contributed by atoms with Crippen LogP contribution in [0.4, 0.5) is 0 Å².